The Labute approximate surface area is 116 Å². The van der Waals surface area contributed by atoms with Gasteiger partial charge in [0.05, 0.1) is 0 Å². The summed E-state index contributed by atoms with van der Waals surface area (Å²) in [4.78, 5) is 8.89. The molecule has 0 bridgehead atoms. The van der Waals surface area contributed by atoms with Gasteiger partial charge in [-0.15, -0.1) is 0 Å². The monoisotopic (exact) mass is 305 g/mol. The van der Waals surface area contributed by atoms with Crippen molar-refractivity contribution >= 4 is 21.7 Å². The van der Waals surface area contributed by atoms with E-state index in [1.807, 2.05) is 25.1 Å². The summed E-state index contributed by atoms with van der Waals surface area (Å²) in [5, 5.41) is 0. The van der Waals surface area contributed by atoms with Crippen molar-refractivity contribution < 1.29 is 0 Å². The zero-order valence-electron chi connectivity index (χ0n) is 10.7. The molecule has 4 heteroatoms. The quantitative estimate of drug-likeness (QED) is 0.915. The highest BCUT2D eigenvalue weighted by Crippen LogP contribution is 2.28. The summed E-state index contributed by atoms with van der Waals surface area (Å²) in [6.45, 7) is 6.24. The maximum absolute atomic E-state index is 5.85. The largest absolute Gasteiger partial charge is 0.384 e. The first-order valence-corrected chi connectivity index (χ1v) is 6.67. The van der Waals surface area contributed by atoms with Crippen LogP contribution in [-0.2, 0) is 0 Å². The molecule has 2 N–H and O–H groups in total. The van der Waals surface area contributed by atoms with Gasteiger partial charge in [0.1, 0.15) is 5.82 Å². The number of hydrogen-bond acceptors (Lipinski definition) is 3. The molecule has 0 radical (unpaired) electrons. The molecule has 0 unspecified atom stereocenters. The smallest absolute Gasteiger partial charge is 0.162 e. The molecule has 18 heavy (non-hydrogen) atoms. The van der Waals surface area contributed by atoms with Gasteiger partial charge in [-0.1, -0.05) is 35.8 Å². The fourth-order valence-corrected chi connectivity index (χ4v) is 2.37. The Hall–Kier alpha value is -1.42. The van der Waals surface area contributed by atoms with E-state index in [0.29, 0.717) is 17.6 Å². The Morgan fingerprint density at radius 3 is 2.50 bits per heavy atom. The molecule has 0 saturated carbocycles. The Kier molecular flexibility index (Phi) is 3.66. The van der Waals surface area contributed by atoms with Crippen molar-refractivity contribution in [2.45, 2.75) is 26.7 Å². The van der Waals surface area contributed by atoms with Gasteiger partial charge in [0.25, 0.3) is 0 Å². The average Bonchev–Trinajstić information content (AvgIpc) is 2.27. The third-order valence-corrected chi connectivity index (χ3v) is 3.38. The first kappa shape index (κ1) is 13.0. The van der Waals surface area contributed by atoms with Crippen LogP contribution in [0, 0.1) is 6.92 Å². The molecular formula is C14H16BrN3. The van der Waals surface area contributed by atoms with Crippen molar-refractivity contribution in [2.75, 3.05) is 5.73 Å². The summed E-state index contributed by atoms with van der Waals surface area (Å²) in [6, 6.07) is 7.94. The minimum atomic E-state index is 0.332. The minimum Gasteiger partial charge on any atom is -0.384 e. The Bertz CT molecular complexity index is 579. The highest BCUT2D eigenvalue weighted by Gasteiger charge is 2.10. The van der Waals surface area contributed by atoms with Crippen LogP contribution in [0.1, 0.15) is 31.0 Å². The summed E-state index contributed by atoms with van der Waals surface area (Å²) < 4.78 is 0.989. The number of aromatic nitrogens is 2. The van der Waals surface area contributed by atoms with Crippen LogP contribution in [0.25, 0.3) is 11.4 Å². The molecule has 0 aliphatic rings. The predicted octanol–water partition coefficient (Wildman–Crippen LogP) is 3.92. The van der Waals surface area contributed by atoms with E-state index in [1.54, 1.807) is 0 Å². The lowest BCUT2D eigenvalue weighted by molar-refractivity contribution is 0.818. The van der Waals surface area contributed by atoms with Gasteiger partial charge in [0.2, 0.25) is 0 Å². The van der Waals surface area contributed by atoms with Crippen LogP contribution in [0.4, 0.5) is 5.82 Å². The van der Waals surface area contributed by atoms with Gasteiger partial charge in [-0.05, 0) is 30.5 Å². The standard InChI is InChI=1S/C14H16BrN3/c1-8(2)12-7-13(16)18-14(17-12)10-5-4-9(3)6-11(10)15/h4-8H,1-3H3,(H2,16,17,18). The summed E-state index contributed by atoms with van der Waals surface area (Å²) in [6.07, 6.45) is 0. The number of halogens is 1. The van der Waals surface area contributed by atoms with E-state index in [0.717, 1.165) is 15.7 Å². The van der Waals surface area contributed by atoms with Gasteiger partial charge in [-0.2, -0.15) is 0 Å². The Morgan fingerprint density at radius 2 is 1.89 bits per heavy atom. The first-order valence-electron chi connectivity index (χ1n) is 5.88. The predicted molar refractivity (Wildman–Crippen MR) is 78.4 cm³/mol. The van der Waals surface area contributed by atoms with Crippen molar-refractivity contribution in [1.29, 1.82) is 0 Å². The molecule has 2 aromatic rings. The van der Waals surface area contributed by atoms with E-state index >= 15 is 0 Å². The second kappa shape index (κ2) is 5.06. The highest BCUT2D eigenvalue weighted by atomic mass is 79.9. The lowest BCUT2D eigenvalue weighted by Gasteiger charge is -2.10. The molecular weight excluding hydrogens is 290 g/mol. The van der Waals surface area contributed by atoms with E-state index in [-0.39, 0.29) is 0 Å². The van der Waals surface area contributed by atoms with Crippen molar-refractivity contribution in [3.05, 3.63) is 40.0 Å². The fraction of sp³-hybridized carbons (Fsp3) is 0.286. The van der Waals surface area contributed by atoms with Gasteiger partial charge in [0, 0.05) is 21.8 Å². The number of nitrogens with zero attached hydrogens (tertiary/aromatic N) is 2. The number of anilines is 1. The zero-order valence-corrected chi connectivity index (χ0v) is 12.3. The van der Waals surface area contributed by atoms with Gasteiger partial charge >= 0.3 is 0 Å². The average molecular weight is 306 g/mol. The molecule has 2 rings (SSSR count). The SMILES string of the molecule is Cc1ccc(-c2nc(N)cc(C(C)C)n2)c(Br)c1. The van der Waals surface area contributed by atoms with Crippen molar-refractivity contribution in [3.63, 3.8) is 0 Å². The normalized spacial score (nSPS) is 10.9. The lowest BCUT2D eigenvalue weighted by Crippen LogP contribution is -2.02. The molecule has 0 atom stereocenters. The number of nitrogen functional groups attached to an aromatic ring is 1. The number of benzene rings is 1. The minimum absolute atomic E-state index is 0.332. The molecule has 0 fully saturated rings. The second-order valence-electron chi connectivity index (χ2n) is 4.68. The van der Waals surface area contributed by atoms with Gasteiger partial charge in [-0.25, -0.2) is 9.97 Å². The van der Waals surface area contributed by atoms with Crippen LogP contribution in [0.3, 0.4) is 0 Å². The highest BCUT2D eigenvalue weighted by molar-refractivity contribution is 9.10. The molecule has 94 valence electrons. The summed E-state index contributed by atoms with van der Waals surface area (Å²) in [7, 11) is 0. The molecule has 0 spiro atoms. The van der Waals surface area contributed by atoms with Crippen LogP contribution in [0.2, 0.25) is 0 Å². The molecule has 1 heterocycles. The number of aryl methyl sites for hydroxylation is 1. The van der Waals surface area contributed by atoms with E-state index in [1.165, 1.54) is 5.56 Å². The Balaban J connectivity index is 2.56. The molecule has 1 aromatic carbocycles. The fourth-order valence-electron chi connectivity index (χ4n) is 1.70. The molecule has 1 aromatic heterocycles. The molecule has 3 nitrogen and oxygen atoms in total. The topological polar surface area (TPSA) is 51.8 Å². The van der Waals surface area contributed by atoms with E-state index < -0.39 is 0 Å². The third kappa shape index (κ3) is 2.70. The van der Waals surface area contributed by atoms with Crippen molar-refractivity contribution in [2.24, 2.45) is 0 Å². The first-order chi connectivity index (χ1) is 8.47. The molecule has 0 aliphatic carbocycles. The van der Waals surface area contributed by atoms with Gasteiger partial charge in [-0.3, -0.25) is 0 Å². The Morgan fingerprint density at radius 1 is 1.17 bits per heavy atom. The lowest BCUT2D eigenvalue weighted by atomic mass is 10.1. The number of nitrogens with two attached hydrogens (primary N) is 1. The zero-order chi connectivity index (χ0) is 13.3. The summed E-state index contributed by atoms with van der Waals surface area (Å²) >= 11 is 3.55. The van der Waals surface area contributed by atoms with Crippen LogP contribution >= 0.6 is 15.9 Å². The van der Waals surface area contributed by atoms with Crippen LogP contribution in [0.5, 0.6) is 0 Å². The molecule has 0 saturated heterocycles. The van der Waals surface area contributed by atoms with E-state index in [4.69, 9.17) is 5.73 Å². The van der Waals surface area contributed by atoms with E-state index in [9.17, 15) is 0 Å². The molecule has 0 aliphatic heterocycles. The van der Waals surface area contributed by atoms with Crippen LogP contribution in [-0.4, -0.2) is 9.97 Å². The van der Waals surface area contributed by atoms with Gasteiger partial charge in [0.15, 0.2) is 5.82 Å². The van der Waals surface area contributed by atoms with Crippen molar-refractivity contribution in [1.82, 2.24) is 9.97 Å². The van der Waals surface area contributed by atoms with Gasteiger partial charge < -0.3 is 5.73 Å². The van der Waals surface area contributed by atoms with Crippen LogP contribution < -0.4 is 5.73 Å². The third-order valence-electron chi connectivity index (χ3n) is 2.72. The maximum atomic E-state index is 5.85. The summed E-state index contributed by atoms with van der Waals surface area (Å²) in [5.74, 6) is 1.51. The number of rotatable bonds is 2. The maximum Gasteiger partial charge on any atom is 0.162 e. The number of hydrogen-bond donors (Lipinski definition) is 1. The second-order valence-corrected chi connectivity index (χ2v) is 5.53. The van der Waals surface area contributed by atoms with E-state index in [2.05, 4.69) is 45.8 Å². The summed E-state index contributed by atoms with van der Waals surface area (Å²) in [5.41, 5.74) is 8.97. The molecule has 0 amide bonds. The van der Waals surface area contributed by atoms with Crippen molar-refractivity contribution in [3.8, 4) is 11.4 Å². The van der Waals surface area contributed by atoms with Crippen LogP contribution in [0.15, 0.2) is 28.7 Å².